The quantitative estimate of drug-likeness (QED) is 0.396. The van der Waals surface area contributed by atoms with Crippen molar-refractivity contribution in [2.24, 2.45) is 0 Å². The molecule has 0 N–H and O–H groups in total. The van der Waals surface area contributed by atoms with Crippen LogP contribution in [0.4, 0.5) is 14.5 Å². The van der Waals surface area contributed by atoms with E-state index >= 15 is 0 Å². The largest absolute Gasteiger partial charge is 0.493 e. The lowest BCUT2D eigenvalue weighted by atomic mass is 10.1. The van der Waals surface area contributed by atoms with Gasteiger partial charge in [0.2, 0.25) is 0 Å². The second-order valence-corrected chi connectivity index (χ2v) is 7.39. The number of benzene rings is 2. The fourth-order valence-electron chi connectivity index (χ4n) is 3.75. The highest BCUT2D eigenvalue weighted by Gasteiger charge is 2.32. The number of halogens is 2. The molecule has 0 radical (unpaired) electrons. The first-order valence-corrected chi connectivity index (χ1v) is 10.2. The fraction of sp³-hybridized carbons (Fsp3) is 0.273. The Labute approximate surface area is 191 Å². The number of para-hydroxylation sites is 1. The van der Waals surface area contributed by atoms with Gasteiger partial charge in [0.05, 0.1) is 18.1 Å². The van der Waals surface area contributed by atoms with Crippen LogP contribution >= 0.6 is 0 Å². The Morgan fingerprint density at radius 3 is 2.26 bits per heavy atom. The molecule has 0 saturated carbocycles. The van der Waals surface area contributed by atoms with Crippen LogP contribution in [0.3, 0.4) is 0 Å². The van der Waals surface area contributed by atoms with Crippen LogP contribution in [0.2, 0.25) is 0 Å². The molecule has 3 aromatic rings. The standard InChI is InChI=1S/C22H19F2N3O7/c1-32-17-11-14(15(27(30)31)12-18(17)34-22(23)24)20(28)25-6-8-26(9-7-25)21(29)19-10-13-4-2-3-5-16(13)33-19/h2-5,10-12,22H,6-9H2,1H3. The van der Waals surface area contributed by atoms with Crippen LogP contribution in [-0.2, 0) is 0 Å². The van der Waals surface area contributed by atoms with E-state index in [1.807, 2.05) is 12.1 Å². The molecular formula is C22H19F2N3O7. The SMILES string of the molecule is COc1cc(C(=O)N2CCN(C(=O)c3cc4ccccc4o3)CC2)c([N+](=O)[O-])cc1OC(F)F. The van der Waals surface area contributed by atoms with Gasteiger partial charge in [0.15, 0.2) is 17.3 Å². The fourth-order valence-corrected chi connectivity index (χ4v) is 3.75. The number of hydrogen-bond acceptors (Lipinski definition) is 7. The number of piperazine rings is 1. The Kier molecular flexibility index (Phi) is 6.30. The number of nitrogens with zero attached hydrogens (tertiary/aromatic N) is 3. The molecule has 0 bridgehead atoms. The van der Waals surface area contributed by atoms with Gasteiger partial charge in [0.25, 0.3) is 17.5 Å². The van der Waals surface area contributed by atoms with E-state index in [1.54, 1.807) is 18.2 Å². The number of alkyl halides is 2. The molecule has 10 nitrogen and oxygen atoms in total. The zero-order chi connectivity index (χ0) is 24.4. The van der Waals surface area contributed by atoms with Gasteiger partial charge in [-0.1, -0.05) is 18.2 Å². The van der Waals surface area contributed by atoms with Gasteiger partial charge < -0.3 is 23.7 Å². The summed E-state index contributed by atoms with van der Waals surface area (Å²) in [6.07, 6.45) is 0. The number of methoxy groups -OCH3 is 1. The van der Waals surface area contributed by atoms with Gasteiger partial charge in [0, 0.05) is 37.6 Å². The first-order valence-electron chi connectivity index (χ1n) is 10.2. The van der Waals surface area contributed by atoms with Gasteiger partial charge in [-0.15, -0.1) is 0 Å². The van der Waals surface area contributed by atoms with Crippen LogP contribution < -0.4 is 9.47 Å². The van der Waals surface area contributed by atoms with Crippen molar-refractivity contribution in [3.8, 4) is 11.5 Å². The van der Waals surface area contributed by atoms with Crippen molar-refractivity contribution in [3.63, 3.8) is 0 Å². The third-order valence-electron chi connectivity index (χ3n) is 5.42. The molecule has 1 fully saturated rings. The maximum atomic E-state index is 13.0. The summed E-state index contributed by atoms with van der Waals surface area (Å²) in [7, 11) is 1.16. The molecule has 1 aromatic heterocycles. The van der Waals surface area contributed by atoms with Crippen molar-refractivity contribution in [1.82, 2.24) is 9.80 Å². The minimum atomic E-state index is -3.23. The zero-order valence-corrected chi connectivity index (χ0v) is 17.9. The highest BCUT2D eigenvalue weighted by molar-refractivity contribution is 6.00. The molecule has 12 heteroatoms. The summed E-state index contributed by atoms with van der Waals surface area (Å²) in [5.74, 6) is -1.64. The number of carbonyl (C=O) groups is 2. The number of fused-ring (bicyclic) bond motifs is 1. The molecule has 2 heterocycles. The molecule has 0 aliphatic carbocycles. The zero-order valence-electron chi connectivity index (χ0n) is 17.9. The Morgan fingerprint density at radius 1 is 1.03 bits per heavy atom. The van der Waals surface area contributed by atoms with Gasteiger partial charge in [-0.05, 0) is 12.1 Å². The summed E-state index contributed by atoms with van der Waals surface area (Å²) in [5, 5.41) is 12.3. The number of nitro groups is 1. The van der Waals surface area contributed by atoms with Crippen molar-refractivity contribution < 1.29 is 37.2 Å². The van der Waals surface area contributed by atoms with Crippen molar-refractivity contribution in [2.75, 3.05) is 33.3 Å². The Bertz CT molecular complexity index is 1220. The highest BCUT2D eigenvalue weighted by Crippen LogP contribution is 2.36. The van der Waals surface area contributed by atoms with Crippen LogP contribution in [0.15, 0.2) is 46.9 Å². The number of furan rings is 1. The van der Waals surface area contributed by atoms with E-state index in [-0.39, 0.29) is 49.2 Å². The van der Waals surface area contributed by atoms with Gasteiger partial charge in [0.1, 0.15) is 11.1 Å². The number of nitro benzene ring substituents is 1. The summed E-state index contributed by atoms with van der Waals surface area (Å²) < 4.78 is 40.1. The molecule has 2 amide bonds. The van der Waals surface area contributed by atoms with Crippen LogP contribution in [0, 0.1) is 10.1 Å². The number of carbonyl (C=O) groups excluding carboxylic acids is 2. The van der Waals surface area contributed by atoms with Gasteiger partial charge in [-0.2, -0.15) is 8.78 Å². The van der Waals surface area contributed by atoms with Crippen LogP contribution in [-0.4, -0.2) is 66.4 Å². The van der Waals surface area contributed by atoms with Gasteiger partial charge in [-0.25, -0.2) is 0 Å². The summed E-state index contributed by atoms with van der Waals surface area (Å²) in [6.45, 7) is -2.65. The van der Waals surface area contributed by atoms with Crippen molar-refractivity contribution in [1.29, 1.82) is 0 Å². The Balaban J connectivity index is 1.50. The van der Waals surface area contributed by atoms with Gasteiger partial charge in [-0.3, -0.25) is 19.7 Å². The Morgan fingerprint density at radius 2 is 1.68 bits per heavy atom. The van der Waals surface area contributed by atoms with E-state index in [9.17, 15) is 28.5 Å². The predicted molar refractivity (Wildman–Crippen MR) is 114 cm³/mol. The lowest BCUT2D eigenvalue weighted by molar-refractivity contribution is -0.385. The lowest BCUT2D eigenvalue weighted by Gasteiger charge is -2.34. The van der Waals surface area contributed by atoms with E-state index in [0.717, 1.165) is 24.6 Å². The third-order valence-corrected chi connectivity index (χ3v) is 5.42. The van der Waals surface area contributed by atoms with Gasteiger partial charge >= 0.3 is 6.61 Å². The smallest absolute Gasteiger partial charge is 0.387 e. The number of amides is 2. The molecule has 1 saturated heterocycles. The summed E-state index contributed by atoms with van der Waals surface area (Å²) in [6, 6.07) is 10.6. The minimum Gasteiger partial charge on any atom is -0.493 e. The summed E-state index contributed by atoms with van der Waals surface area (Å²) in [5.41, 5.74) is -0.442. The lowest BCUT2D eigenvalue weighted by Crippen LogP contribution is -2.50. The minimum absolute atomic E-state index is 0.111. The van der Waals surface area contributed by atoms with E-state index in [1.165, 1.54) is 9.80 Å². The van der Waals surface area contributed by atoms with Crippen LogP contribution in [0.1, 0.15) is 20.9 Å². The highest BCUT2D eigenvalue weighted by atomic mass is 19.3. The molecule has 0 spiro atoms. The number of ether oxygens (including phenoxy) is 2. The first kappa shape index (κ1) is 23.0. The average molecular weight is 475 g/mol. The van der Waals surface area contributed by atoms with Crippen molar-refractivity contribution >= 4 is 28.5 Å². The molecule has 34 heavy (non-hydrogen) atoms. The van der Waals surface area contributed by atoms with Crippen molar-refractivity contribution in [3.05, 3.63) is 63.9 Å². The van der Waals surface area contributed by atoms with Crippen molar-refractivity contribution in [2.45, 2.75) is 6.61 Å². The maximum absolute atomic E-state index is 13.0. The van der Waals surface area contributed by atoms with Crippen LogP contribution in [0.5, 0.6) is 11.5 Å². The monoisotopic (exact) mass is 475 g/mol. The topological polar surface area (TPSA) is 115 Å². The molecule has 0 atom stereocenters. The van der Waals surface area contributed by atoms with E-state index in [0.29, 0.717) is 5.58 Å². The second-order valence-electron chi connectivity index (χ2n) is 7.39. The molecule has 0 unspecified atom stereocenters. The molecule has 1 aliphatic rings. The Hall–Kier alpha value is -4.22. The normalized spacial score (nSPS) is 13.9. The average Bonchev–Trinajstić information content (AvgIpc) is 3.27. The number of rotatable bonds is 6. The van der Waals surface area contributed by atoms with E-state index in [2.05, 4.69) is 4.74 Å². The number of hydrogen-bond donors (Lipinski definition) is 0. The van der Waals surface area contributed by atoms with E-state index < -0.39 is 28.9 Å². The summed E-state index contributed by atoms with van der Waals surface area (Å²) >= 11 is 0. The molecule has 2 aromatic carbocycles. The maximum Gasteiger partial charge on any atom is 0.387 e. The third kappa shape index (κ3) is 4.47. The van der Waals surface area contributed by atoms with Crippen LogP contribution in [0.25, 0.3) is 11.0 Å². The summed E-state index contributed by atoms with van der Waals surface area (Å²) in [4.78, 5) is 39.4. The first-order chi connectivity index (χ1) is 16.3. The molecule has 4 rings (SSSR count). The van der Waals surface area contributed by atoms with E-state index in [4.69, 9.17) is 9.15 Å². The second kappa shape index (κ2) is 9.33. The molecular weight excluding hydrogens is 456 g/mol. The predicted octanol–water partition coefficient (Wildman–Crippen LogP) is 3.55. The molecule has 178 valence electrons. The molecule has 1 aliphatic heterocycles.